The molecule has 1 unspecified atom stereocenters. The SMILES string of the molecule is Cc1cccc(C)c1OP(=O)(O)Oc1ccccc1. The fourth-order valence-corrected chi connectivity index (χ4v) is 2.64. The topological polar surface area (TPSA) is 55.8 Å². The molecule has 0 aliphatic rings. The Labute approximate surface area is 112 Å². The lowest BCUT2D eigenvalue weighted by Gasteiger charge is -2.16. The van der Waals surface area contributed by atoms with Crippen LogP contribution in [-0.4, -0.2) is 4.89 Å². The van der Waals surface area contributed by atoms with Gasteiger partial charge in [-0.25, -0.2) is 4.57 Å². The monoisotopic (exact) mass is 278 g/mol. The molecule has 5 heteroatoms. The van der Waals surface area contributed by atoms with Gasteiger partial charge < -0.3 is 9.05 Å². The zero-order valence-electron chi connectivity index (χ0n) is 10.7. The van der Waals surface area contributed by atoms with Crippen LogP contribution in [0.4, 0.5) is 0 Å². The number of phosphoric acid groups is 1. The van der Waals surface area contributed by atoms with E-state index in [9.17, 15) is 9.46 Å². The molecule has 0 aliphatic carbocycles. The lowest BCUT2D eigenvalue weighted by molar-refractivity contribution is 0.289. The van der Waals surface area contributed by atoms with E-state index in [2.05, 4.69) is 0 Å². The third kappa shape index (κ3) is 3.60. The summed E-state index contributed by atoms with van der Waals surface area (Å²) in [6, 6.07) is 13.9. The number of para-hydroxylation sites is 2. The van der Waals surface area contributed by atoms with Crippen molar-refractivity contribution in [3.8, 4) is 11.5 Å². The van der Waals surface area contributed by atoms with Crippen LogP contribution in [0.3, 0.4) is 0 Å². The molecule has 2 aromatic rings. The van der Waals surface area contributed by atoms with Crippen LogP contribution in [0.15, 0.2) is 48.5 Å². The van der Waals surface area contributed by atoms with Crippen molar-refractivity contribution in [3.05, 3.63) is 59.7 Å². The first-order valence-electron chi connectivity index (χ1n) is 5.81. The average Bonchev–Trinajstić information content (AvgIpc) is 2.35. The molecule has 4 nitrogen and oxygen atoms in total. The van der Waals surface area contributed by atoms with Gasteiger partial charge in [0, 0.05) is 0 Å². The molecule has 0 radical (unpaired) electrons. The summed E-state index contributed by atoms with van der Waals surface area (Å²) in [7, 11) is -4.19. The Bertz CT molecular complexity index is 590. The van der Waals surface area contributed by atoms with Gasteiger partial charge in [0.2, 0.25) is 0 Å². The van der Waals surface area contributed by atoms with Gasteiger partial charge in [-0.15, -0.1) is 0 Å². The van der Waals surface area contributed by atoms with Crippen molar-refractivity contribution in [2.45, 2.75) is 13.8 Å². The molecule has 0 aromatic heterocycles. The van der Waals surface area contributed by atoms with E-state index in [1.807, 2.05) is 32.0 Å². The minimum Gasteiger partial charge on any atom is -0.395 e. The predicted molar refractivity (Wildman–Crippen MR) is 73.4 cm³/mol. The van der Waals surface area contributed by atoms with Crippen LogP contribution < -0.4 is 9.05 Å². The summed E-state index contributed by atoms with van der Waals surface area (Å²) >= 11 is 0. The predicted octanol–water partition coefficient (Wildman–Crippen LogP) is 3.86. The van der Waals surface area contributed by atoms with Crippen molar-refractivity contribution in [1.29, 1.82) is 0 Å². The molecule has 1 atom stereocenters. The highest BCUT2D eigenvalue weighted by molar-refractivity contribution is 7.48. The molecule has 0 amide bonds. The molecule has 0 bridgehead atoms. The molecule has 0 spiro atoms. The molecule has 2 aromatic carbocycles. The van der Waals surface area contributed by atoms with Gasteiger partial charge in [0.1, 0.15) is 11.5 Å². The Morgan fingerprint density at radius 3 is 2.05 bits per heavy atom. The summed E-state index contributed by atoms with van der Waals surface area (Å²) in [5.41, 5.74) is 1.57. The Morgan fingerprint density at radius 2 is 1.47 bits per heavy atom. The van der Waals surface area contributed by atoms with E-state index in [1.165, 1.54) is 0 Å². The van der Waals surface area contributed by atoms with Crippen molar-refractivity contribution in [2.75, 3.05) is 0 Å². The lowest BCUT2D eigenvalue weighted by Crippen LogP contribution is -2.02. The Morgan fingerprint density at radius 1 is 0.895 bits per heavy atom. The van der Waals surface area contributed by atoms with Gasteiger partial charge in [-0.1, -0.05) is 36.4 Å². The molecule has 0 fully saturated rings. The zero-order valence-corrected chi connectivity index (χ0v) is 11.6. The quantitative estimate of drug-likeness (QED) is 0.863. The zero-order chi connectivity index (χ0) is 13.9. The number of hydrogen-bond acceptors (Lipinski definition) is 3. The van der Waals surface area contributed by atoms with Crippen molar-refractivity contribution < 1.29 is 18.5 Å². The van der Waals surface area contributed by atoms with Crippen LogP contribution in [0.2, 0.25) is 0 Å². The second-order valence-electron chi connectivity index (χ2n) is 4.19. The number of phosphoric ester groups is 1. The fourth-order valence-electron chi connectivity index (χ4n) is 1.69. The maximum atomic E-state index is 12.0. The van der Waals surface area contributed by atoms with Crippen LogP contribution in [-0.2, 0) is 4.57 Å². The number of hydrogen-bond donors (Lipinski definition) is 1. The van der Waals surface area contributed by atoms with E-state index >= 15 is 0 Å². The molecule has 0 heterocycles. The largest absolute Gasteiger partial charge is 0.584 e. The van der Waals surface area contributed by atoms with Crippen LogP contribution in [0.1, 0.15) is 11.1 Å². The van der Waals surface area contributed by atoms with E-state index < -0.39 is 7.82 Å². The van der Waals surface area contributed by atoms with Gasteiger partial charge in [-0.3, -0.25) is 4.89 Å². The molecule has 2 rings (SSSR count). The van der Waals surface area contributed by atoms with Gasteiger partial charge in [0.05, 0.1) is 0 Å². The second kappa shape index (κ2) is 5.47. The lowest BCUT2D eigenvalue weighted by atomic mass is 10.1. The van der Waals surface area contributed by atoms with E-state index in [4.69, 9.17) is 9.05 Å². The van der Waals surface area contributed by atoms with Crippen molar-refractivity contribution in [3.63, 3.8) is 0 Å². The highest BCUT2D eigenvalue weighted by Crippen LogP contribution is 2.45. The molecule has 0 saturated carbocycles. The first-order chi connectivity index (χ1) is 8.98. The van der Waals surface area contributed by atoms with Crippen molar-refractivity contribution >= 4 is 7.82 Å². The average molecular weight is 278 g/mol. The molecular weight excluding hydrogens is 263 g/mol. The van der Waals surface area contributed by atoms with Crippen molar-refractivity contribution in [1.82, 2.24) is 0 Å². The maximum absolute atomic E-state index is 12.0. The Hall–Kier alpha value is -1.77. The molecule has 0 aliphatic heterocycles. The third-order valence-electron chi connectivity index (χ3n) is 2.58. The van der Waals surface area contributed by atoms with Crippen LogP contribution in [0, 0.1) is 13.8 Å². The van der Waals surface area contributed by atoms with Gasteiger partial charge in [-0.05, 0) is 37.1 Å². The highest BCUT2D eigenvalue weighted by Gasteiger charge is 2.26. The molecule has 100 valence electrons. The standard InChI is InChI=1S/C14H15O4P/c1-11-7-6-8-12(2)14(11)18-19(15,16)17-13-9-4-3-5-10-13/h3-10H,1-2H3,(H,15,16). The second-order valence-corrected chi connectivity index (χ2v) is 5.49. The maximum Gasteiger partial charge on any atom is 0.584 e. The number of benzene rings is 2. The molecule has 1 N–H and O–H groups in total. The minimum atomic E-state index is -4.19. The van der Waals surface area contributed by atoms with Gasteiger partial charge >= 0.3 is 7.82 Å². The Kier molecular flexibility index (Phi) is 3.93. The molecule has 19 heavy (non-hydrogen) atoms. The van der Waals surface area contributed by atoms with E-state index in [0.717, 1.165) is 11.1 Å². The minimum absolute atomic E-state index is 0.291. The molecular formula is C14H15O4P. The van der Waals surface area contributed by atoms with E-state index in [0.29, 0.717) is 11.5 Å². The van der Waals surface area contributed by atoms with Crippen LogP contribution in [0.5, 0.6) is 11.5 Å². The summed E-state index contributed by atoms with van der Waals surface area (Å²) in [4.78, 5) is 9.78. The fraction of sp³-hybridized carbons (Fsp3) is 0.143. The number of rotatable bonds is 4. The van der Waals surface area contributed by atoms with Crippen LogP contribution >= 0.6 is 7.82 Å². The third-order valence-corrected chi connectivity index (χ3v) is 3.43. The smallest absolute Gasteiger partial charge is 0.395 e. The van der Waals surface area contributed by atoms with Crippen molar-refractivity contribution in [2.24, 2.45) is 0 Å². The first kappa shape index (κ1) is 13.7. The molecule has 0 saturated heterocycles. The summed E-state index contributed by atoms with van der Waals surface area (Å²) in [5, 5.41) is 0. The van der Waals surface area contributed by atoms with Gasteiger partial charge in [0.25, 0.3) is 0 Å². The van der Waals surface area contributed by atoms with E-state index in [1.54, 1.807) is 30.3 Å². The van der Waals surface area contributed by atoms with Crippen LogP contribution in [0.25, 0.3) is 0 Å². The summed E-state index contributed by atoms with van der Waals surface area (Å²) < 4.78 is 22.1. The highest BCUT2D eigenvalue weighted by atomic mass is 31.2. The number of aryl methyl sites for hydroxylation is 2. The normalized spacial score (nSPS) is 13.6. The van der Waals surface area contributed by atoms with Gasteiger partial charge in [0.15, 0.2) is 0 Å². The van der Waals surface area contributed by atoms with E-state index in [-0.39, 0.29) is 0 Å². The Balaban J connectivity index is 2.20. The first-order valence-corrected chi connectivity index (χ1v) is 7.31. The summed E-state index contributed by atoms with van der Waals surface area (Å²) in [6.45, 7) is 3.62. The summed E-state index contributed by atoms with van der Waals surface area (Å²) in [5.74, 6) is 0.670. The summed E-state index contributed by atoms with van der Waals surface area (Å²) in [6.07, 6.45) is 0. The van der Waals surface area contributed by atoms with Gasteiger partial charge in [-0.2, -0.15) is 0 Å².